The van der Waals surface area contributed by atoms with Crippen molar-refractivity contribution in [1.82, 2.24) is 9.80 Å². The zero-order chi connectivity index (χ0) is 13.3. The van der Waals surface area contributed by atoms with Gasteiger partial charge >= 0.3 is 0 Å². The number of thioether (sulfide) groups is 1. The molecular formula is C13H26N2OS. The van der Waals surface area contributed by atoms with Gasteiger partial charge in [-0.15, -0.1) is 11.8 Å². The second kappa shape index (κ2) is 9.54. The van der Waals surface area contributed by atoms with Crippen LogP contribution in [0, 0.1) is 0 Å². The van der Waals surface area contributed by atoms with Gasteiger partial charge in [0.05, 0.1) is 0 Å². The molecule has 0 fully saturated rings. The highest BCUT2D eigenvalue weighted by Crippen LogP contribution is 2.14. The normalized spacial score (nSPS) is 10.6. The first kappa shape index (κ1) is 16.5. The summed E-state index contributed by atoms with van der Waals surface area (Å²) in [5.74, 6) is 1.25. The SMILES string of the molecule is C=C(C)SCCCC(=O)N(C)CCCN(C)C. The lowest BCUT2D eigenvalue weighted by Gasteiger charge is -2.18. The van der Waals surface area contributed by atoms with Crippen LogP contribution in [0.3, 0.4) is 0 Å². The Morgan fingerprint density at radius 3 is 2.35 bits per heavy atom. The molecule has 0 atom stereocenters. The average molecular weight is 258 g/mol. The second-order valence-corrected chi connectivity index (χ2v) is 6.02. The van der Waals surface area contributed by atoms with Crippen LogP contribution in [0.5, 0.6) is 0 Å². The molecule has 0 unspecified atom stereocenters. The monoisotopic (exact) mass is 258 g/mol. The number of nitrogens with zero attached hydrogens (tertiary/aromatic N) is 2. The first-order valence-electron chi connectivity index (χ1n) is 6.10. The van der Waals surface area contributed by atoms with Crippen LogP contribution < -0.4 is 0 Å². The third-order valence-electron chi connectivity index (χ3n) is 2.41. The van der Waals surface area contributed by atoms with E-state index in [1.165, 1.54) is 0 Å². The number of hydrogen-bond donors (Lipinski definition) is 0. The Hall–Kier alpha value is -0.480. The van der Waals surface area contributed by atoms with Crippen molar-refractivity contribution >= 4 is 17.7 Å². The number of carbonyl (C=O) groups excluding carboxylic acids is 1. The molecule has 0 aliphatic carbocycles. The van der Waals surface area contributed by atoms with Crippen molar-refractivity contribution in [3.8, 4) is 0 Å². The molecule has 0 saturated carbocycles. The van der Waals surface area contributed by atoms with Gasteiger partial charge in [0.25, 0.3) is 0 Å². The molecule has 0 aromatic heterocycles. The summed E-state index contributed by atoms with van der Waals surface area (Å²) in [6.07, 6.45) is 2.63. The van der Waals surface area contributed by atoms with E-state index in [0.29, 0.717) is 6.42 Å². The minimum atomic E-state index is 0.256. The van der Waals surface area contributed by atoms with Gasteiger partial charge in [0.1, 0.15) is 0 Å². The molecule has 0 heterocycles. The lowest BCUT2D eigenvalue weighted by atomic mass is 10.3. The van der Waals surface area contributed by atoms with Crippen LogP contribution >= 0.6 is 11.8 Å². The molecule has 0 aliphatic heterocycles. The van der Waals surface area contributed by atoms with Gasteiger partial charge in [-0.3, -0.25) is 4.79 Å². The smallest absolute Gasteiger partial charge is 0.222 e. The molecule has 1 amide bonds. The third-order valence-corrected chi connectivity index (χ3v) is 3.39. The predicted molar refractivity (Wildman–Crippen MR) is 77.3 cm³/mol. The van der Waals surface area contributed by atoms with Gasteiger partial charge in [0.15, 0.2) is 0 Å². The molecule has 0 N–H and O–H groups in total. The lowest BCUT2D eigenvalue weighted by Crippen LogP contribution is -2.29. The number of hydrogen-bond acceptors (Lipinski definition) is 3. The number of allylic oxidation sites excluding steroid dienone is 1. The van der Waals surface area contributed by atoms with Crippen LogP contribution in [-0.4, -0.2) is 55.7 Å². The van der Waals surface area contributed by atoms with Crippen LogP contribution in [0.2, 0.25) is 0 Å². The zero-order valence-electron chi connectivity index (χ0n) is 11.7. The Labute approximate surface area is 110 Å². The van der Waals surface area contributed by atoms with Crippen LogP contribution in [0.25, 0.3) is 0 Å². The summed E-state index contributed by atoms with van der Waals surface area (Å²) in [5.41, 5.74) is 0. The molecule has 100 valence electrons. The topological polar surface area (TPSA) is 23.6 Å². The van der Waals surface area contributed by atoms with Gasteiger partial charge < -0.3 is 9.80 Å². The molecule has 0 bridgehead atoms. The molecule has 0 rings (SSSR count). The number of carbonyl (C=O) groups is 1. The molecule has 0 spiro atoms. The third kappa shape index (κ3) is 10.4. The minimum absolute atomic E-state index is 0.256. The van der Waals surface area contributed by atoms with E-state index in [-0.39, 0.29) is 5.91 Å². The summed E-state index contributed by atoms with van der Waals surface area (Å²) in [4.78, 5) is 16.8. The fourth-order valence-electron chi connectivity index (χ4n) is 1.41. The van der Waals surface area contributed by atoms with E-state index in [9.17, 15) is 4.79 Å². The summed E-state index contributed by atoms with van der Waals surface area (Å²) in [5, 5.41) is 0. The lowest BCUT2D eigenvalue weighted by molar-refractivity contribution is -0.129. The largest absolute Gasteiger partial charge is 0.346 e. The van der Waals surface area contributed by atoms with Crippen molar-refractivity contribution in [3.63, 3.8) is 0 Å². The first-order valence-corrected chi connectivity index (χ1v) is 7.09. The molecular weight excluding hydrogens is 232 g/mol. The van der Waals surface area contributed by atoms with Crippen LogP contribution in [0.1, 0.15) is 26.2 Å². The summed E-state index contributed by atoms with van der Waals surface area (Å²) in [6, 6.07) is 0. The maximum Gasteiger partial charge on any atom is 0.222 e. The zero-order valence-corrected chi connectivity index (χ0v) is 12.5. The quantitative estimate of drug-likeness (QED) is 0.594. The van der Waals surface area contributed by atoms with Crippen LogP contribution in [0.15, 0.2) is 11.5 Å². The Morgan fingerprint density at radius 1 is 1.18 bits per heavy atom. The highest BCUT2D eigenvalue weighted by Gasteiger charge is 2.07. The van der Waals surface area contributed by atoms with E-state index in [4.69, 9.17) is 0 Å². The van der Waals surface area contributed by atoms with Crippen molar-refractivity contribution in [2.24, 2.45) is 0 Å². The van der Waals surface area contributed by atoms with Crippen LogP contribution in [0.4, 0.5) is 0 Å². The minimum Gasteiger partial charge on any atom is -0.346 e. The average Bonchev–Trinajstić information content (AvgIpc) is 2.23. The maximum atomic E-state index is 11.7. The Kier molecular flexibility index (Phi) is 9.27. The molecule has 0 aliphatic rings. The van der Waals surface area contributed by atoms with Gasteiger partial charge in [-0.1, -0.05) is 6.58 Å². The molecule has 0 radical (unpaired) electrons. The molecule has 4 heteroatoms. The highest BCUT2D eigenvalue weighted by atomic mass is 32.2. The second-order valence-electron chi connectivity index (χ2n) is 4.63. The Bertz CT molecular complexity index is 242. The fourth-order valence-corrected chi connectivity index (χ4v) is 2.05. The van der Waals surface area contributed by atoms with E-state index >= 15 is 0 Å². The van der Waals surface area contributed by atoms with E-state index in [2.05, 4.69) is 25.6 Å². The Morgan fingerprint density at radius 2 is 1.82 bits per heavy atom. The molecule has 0 aromatic rings. The van der Waals surface area contributed by atoms with Crippen molar-refractivity contribution in [2.75, 3.05) is 40.0 Å². The van der Waals surface area contributed by atoms with Gasteiger partial charge in [0.2, 0.25) is 5.91 Å². The van der Waals surface area contributed by atoms with Gasteiger partial charge in [-0.2, -0.15) is 0 Å². The van der Waals surface area contributed by atoms with E-state index in [0.717, 1.165) is 36.6 Å². The molecule has 0 saturated heterocycles. The highest BCUT2D eigenvalue weighted by molar-refractivity contribution is 8.03. The summed E-state index contributed by atoms with van der Waals surface area (Å²) in [6.45, 7) is 7.71. The van der Waals surface area contributed by atoms with E-state index in [1.807, 2.05) is 18.9 Å². The Balaban J connectivity index is 3.57. The molecule has 3 nitrogen and oxygen atoms in total. The number of amides is 1. The first-order chi connectivity index (χ1) is 7.93. The van der Waals surface area contributed by atoms with Gasteiger partial charge in [0, 0.05) is 20.0 Å². The molecule has 0 aromatic carbocycles. The van der Waals surface area contributed by atoms with E-state index < -0.39 is 0 Å². The van der Waals surface area contributed by atoms with Crippen molar-refractivity contribution in [1.29, 1.82) is 0 Å². The molecule has 17 heavy (non-hydrogen) atoms. The van der Waals surface area contributed by atoms with Crippen LogP contribution in [-0.2, 0) is 4.79 Å². The fraction of sp³-hybridized carbons (Fsp3) is 0.769. The van der Waals surface area contributed by atoms with Gasteiger partial charge in [-0.05, 0) is 51.1 Å². The predicted octanol–water partition coefficient (Wildman–Crippen LogP) is 2.44. The van der Waals surface area contributed by atoms with Crippen molar-refractivity contribution < 1.29 is 4.79 Å². The van der Waals surface area contributed by atoms with Gasteiger partial charge in [-0.25, -0.2) is 0 Å². The van der Waals surface area contributed by atoms with Crippen molar-refractivity contribution in [2.45, 2.75) is 26.2 Å². The summed E-state index contributed by atoms with van der Waals surface area (Å²) in [7, 11) is 6.00. The summed E-state index contributed by atoms with van der Waals surface area (Å²) >= 11 is 1.73. The summed E-state index contributed by atoms with van der Waals surface area (Å²) < 4.78 is 0. The van der Waals surface area contributed by atoms with Crippen molar-refractivity contribution in [3.05, 3.63) is 11.5 Å². The standard InChI is InChI=1S/C13H26N2OS/c1-12(2)17-11-6-8-13(16)15(5)10-7-9-14(3)4/h1,6-11H2,2-5H3. The number of rotatable bonds is 9. The maximum absolute atomic E-state index is 11.7. The van der Waals surface area contributed by atoms with E-state index in [1.54, 1.807) is 11.8 Å².